The highest BCUT2D eigenvalue weighted by atomic mass is 16.3. The molecule has 30 heavy (non-hydrogen) atoms. The molecule has 8 heteroatoms. The Balaban J connectivity index is 1.47. The second-order valence-electron chi connectivity index (χ2n) is 7.67. The Morgan fingerprint density at radius 2 is 2.00 bits per heavy atom. The van der Waals surface area contributed by atoms with Crippen LogP contribution in [-0.2, 0) is 7.05 Å². The van der Waals surface area contributed by atoms with Gasteiger partial charge in [0.2, 0.25) is 0 Å². The summed E-state index contributed by atoms with van der Waals surface area (Å²) in [5.74, 6) is 0.540. The number of hydrogen-bond donors (Lipinski definition) is 2. The fourth-order valence-corrected chi connectivity index (χ4v) is 4.09. The van der Waals surface area contributed by atoms with Crippen molar-refractivity contribution < 1.29 is 5.11 Å². The largest absolute Gasteiger partial charge is 0.507 e. The molecule has 1 fully saturated rings. The molecule has 2 N–H and O–H groups in total. The molecule has 8 nitrogen and oxygen atoms in total. The number of pyridine rings is 1. The minimum atomic E-state index is -0.237. The normalized spacial score (nSPS) is 14.9. The summed E-state index contributed by atoms with van der Waals surface area (Å²) < 4.78 is 1.65. The highest BCUT2D eigenvalue weighted by Gasteiger charge is 2.28. The molecular formula is C22H22N6O2. The second-order valence-corrected chi connectivity index (χ2v) is 7.67. The van der Waals surface area contributed by atoms with Gasteiger partial charge in [-0.2, -0.15) is 15.3 Å². The third-order valence-corrected chi connectivity index (χ3v) is 5.82. The summed E-state index contributed by atoms with van der Waals surface area (Å²) in [6, 6.07) is 11.1. The van der Waals surface area contributed by atoms with E-state index in [1.807, 2.05) is 30.3 Å². The lowest BCUT2D eigenvalue weighted by molar-refractivity contribution is 0.154. The second kappa shape index (κ2) is 7.07. The maximum absolute atomic E-state index is 12.0. The number of hydrogen-bond acceptors (Lipinski definition) is 6. The van der Waals surface area contributed by atoms with Crippen LogP contribution in [0, 0.1) is 0 Å². The first-order chi connectivity index (χ1) is 14.5. The number of likely N-dealkylation sites (tertiary alicyclic amines) is 1. The third-order valence-electron chi connectivity index (χ3n) is 5.82. The first-order valence-corrected chi connectivity index (χ1v) is 9.99. The Morgan fingerprint density at radius 3 is 2.70 bits per heavy atom. The fraction of sp³-hybridized carbons (Fsp3) is 0.273. The van der Waals surface area contributed by atoms with E-state index in [1.165, 1.54) is 0 Å². The predicted molar refractivity (Wildman–Crippen MR) is 114 cm³/mol. The number of aromatic amines is 1. The molecule has 152 valence electrons. The van der Waals surface area contributed by atoms with Crippen molar-refractivity contribution in [2.75, 3.05) is 19.6 Å². The van der Waals surface area contributed by atoms with Gasteiger partial charge in [0, 0.05) is 48.8 Å². The highest BCUT2D eigenvalue weighted by Crippen LogP contribution is 2.35. The van der Waals surface area contributed by atoms with Crippen LogP contribution >= 0.6 is 0 Å². The summed E-state index contributed by atoms with van der Waals surface area (Å²) in [5.41, 5.74) is 3.91. The molecule has 4 heterocycles. The van der Waals surface area contributed by atoms with Crippen molar-refractivity contribution in [3.8, 4) is 28.3 Å². The molecule has 1 aliphatic rings. The molecule has 0 saturated carbocycles. The summed E-state index contributed by atoms with van der Waals surface area (Å²) in [4.78, 5) is 17.0. The van der Waals surface area contributed by atoms with Gasteiger partial charge in [0.25, 0.3) is 5.56 Å². The number of phenols is 1. The van der Waals surface area contributed by atoms with Crippen molar-refractivity contribution in [3.63, 3.8) is 0 Å². The molecule has 0 atom stereocenters. The Bertz CT molecular complexity index is 1290. The molecule has 1 aromatic carbocycles. The molecule has 0 bridgehead atoms. The maximum Gasteiger partial charge on any atom is 0.276 e. The summed E-state index contributed by atoms with van der Waals surface area (Å²) in [6.45, 7) is 5.25. The van der Waals surface area contributed by atoms with Gasteiger partial charge in [-0.1, -0.05) is 13.0 Å². The molecule has 0 unspecified atom stereocenters. The summed E-state index contributed by atoms with van der Waals surface area (Å²) >= 11 is 0. The van der Waals surface area contributed by atoms with Crippen LogP contribution in [-0.4, -0.2) is 54.6 Å². The van der Waals surface area contributed by atoms with Crippen molar-refractivity contribution in [1.29, 1.82) is 0 Å². The maximum atomic E-state index is 12.0. The van der Waals surface area contributed by atoms with Gasteiger partial charge in [-0.15, -0.1) is 0 Å². The molecule has 1 aliphatic heterocycles. The smallest absolute Gasteiger partial charge is 0.276 e. The van der Waals surface area contributed by atoms with Crippen molar-refractivity contribution in [2.24, 2.45) is 7.05 Å². The van der Waals surface area contributed by atoms with Gasteiger partial charge in [-0.25, -0.2) is 0 Å². The van der Waals surface area contributed by atoms with Crippen molar-refractivity contribution >= 4 is 10.9 Å². The Kier molecular flexibility index (Phi) is 4.36. The number of nitrogens with zero attached hydrogens (tertiary/aromatic N) is 5. The number of H-pyrrole nitrogens is 1. The molecule has 0 spiro atoms. The topological polar surface area (TPSA) is 99.9 Å². The zero-order valence-electron chi connectivity index (χ0n) is 16.8. The van der Waals surface area contributed by atoms with Crippen LogP contribution < -0.4 is 5.56 Å². The van der Waals surface area contributed by atoms with E-state index in [1.54, 1.807) is 24.0 Å². The molecule has 3 aromatic heterocycles. The van der Waals surface area contributed by atoms with Crippen LogP contribution in [0.1, 0.15) is 18.5 Å². The van der Waals surface area contributed by atoms with Crippen LogP contribution in [0.3, 0.4) is 0 Å². The van der Waals surface area contributed by atoms with Gasteiger partial charge >= 0.3 is 0 Å². The minimum Gasteiger partial charge on any atom is -0.507 e. The zero-order chi connectivity index (χ0) is 20.8. The summed E-state index contributed by atoms with van der Waals surface area (Å²) in [5, 5.41) is 24.5. The number of phenolic OH excluding ortho intramolecular Hbond substituents is 1. The quantitative estimate of drug-likeness (QED) is 0.544. The highest BCUT2D eigenvalue weighted by molar-refractivity contribution is 5.93. The van der Waals surface area contributed by atoms with E-state index >= 15 is 0 Å². The average Bonchev–Trinajstić information content (AvgIpc) is 3.05. The lowest BCUT2D eigenvalue weighted by atomic mass is 9.96. The van der Waals surface area contributed by atoms with Gasteiger partial charge in [0.15, 0.2) is 5.52 Å². The monoisotopic (exact) mass is 402 g/mol. The van der Waals surface area contributed by atoms with Crippen LogP contribution in [0.15, 0.2) is 47.4 Å². The number of rotatable bonds is 4. The molecule has 4 aromatic rings. The molecule has 1 saturated heterocycles. The van der Waals surface area contributed by atoms with E-state index in [9.17, 15) is 9.90 Å². The predicted octanol–water partition coefficient (Wildman–Crippen LogP) is 2.51. The lowest BCUT2D eigenvalue weighted by Gasteiger charge is -2.37. The van der Waals surface area contributed by atoms with Crippen LogP contribution in [0.5, 0.6) is 5.75 Å². The average molecular weight is 402 g/mol. The Hall–Kier alpha value is -3.52. The number of benzene rings is 1. The van der Waals surface area contributed by atoms with Gasteiger partial charge in [-0.3, -0.25) is 9.48 Å². The number of aryl methyl sites for hydroxylation is 1. The van der Waals surface area contributed by atoms with Crippen LogP contribution in [0.25, 0.3) is 33.4 Å². The van der Waals surface area contributed by atoms with E-state index in [4.69, 9.17) is 0 Å². The molecule has 5 rings (SSSR count). The molecule has 0 amide bonds. The number of likely N-dealkylation sites (N-methyl/N-ethyl adjacent to an activating group) is 1. The SMILES string of the molecule is CCN1CC(c2ccc(-c3ccc(-c4c5cc[nH]c(=O)c5nn4C)cc3O)nn2)C1. The number of nitrogens with one attached hydrogen (secondary N) is 1. The summed E-state index contributed by atoms with van der Waals surface area (Å²) in [6.07, 6.45) is 1.60. The van der Waals surface area contributed by atoms with E-state index in [2.05, 4.69) is 32.1 Å². The van der Waals surface area contributed by atoms with Crippen LogP contribution in [0.2, 0.25) is 0 Å². The van der Waals surface area contributed by atoms with Gasteiger partial charge < -0.3 is 15.0 Å². The van der Waals surface area contributed by atoms with E-state index < -0.39 is 0 Å². The third kappa shape index (κ3) is 2.96. The Morgan fingerprint density at radius 1 is 1.17 bits per heavy atom. The number of aromatic nitrogens is 5. The molecule has 0 aliphatic carbocycles. The van der Waals surface area contributed by atoms with E-state index in [-0.39, 0.29) is 11.3 Å². The summed E-state index contributed by atoms with van der Waals surface area (Å²) in [7, 11) is 1.78. The van der Waals surface area contributed by atoms with Gasteiger partial charge in [0.1, 0.15) is 5.75 Å². The first kappa shape index (κ1) is 18.5. The molecule has 0 radical (unpaired) electrons. The zero-order valence-corrected chi connectivity index (χ0v) is 16.8. The van der Waals surface area contributed by atoms with E-state index in [0.29, 0.717) is 22.7 Å². The fourth-order valence-electron chi connectivity index (χ4n) is 4.09. The van der Waals surface area contributed by atoms with Gasteiger partial charge in [0.05, 0.1) is 17.1 Å². The van der Waals surface area contributed by atoms with Crippen LogP contribution in [0.4, 0.5) is 0 Å². The lowest BCUT2D eigenvalue weighted by Crippen LogP contribution is -2.44. The number of aromatic hydroxyl groups is 1. The Labute approximate surface area is 172 Å². The van der Waals surface area contributed by atoms with Gasteiger partial charge in [-0.05, 0) is 36.9 Å². The van der Waals surface area contributed by atoms with E-state index in [0.717, 1.165) is 42.0 Å². The van der Waals surface area contributed by atoms with Crippen molar-refractivity contribution in [3.05, 3.63) is 58.6 Å². The molecular weight excluding hydrogens is 380 g/mol. The number of fused-ring (bicyclic) bond motifs is 1. The standard InChI is InChI=1S/C22H22N6O2/c1-3-28-11-14(12-28)17-6-7-18(25-24-17)15-5-4-13(10-19(15)29)21-16-8-9-23-22(30)20(16)26-27(21)2/h4-10,14,29H,3,11-12H2,1-2H3,(H,23,30). The minimum absolute atomic E-state index is 0.106. The van der Waals surface area contributed by atoms with Crippen molar-refractivity contribution in [1.82, 2.24) is 29.9 Å². The first-order valence-electron chi connectivity index (χ1n) is 9.99. The van der Waals surface area contributed by atoms with Crippen molar-refractivity contribution in [2.45, 2.75) is 12.8 Å².